The summed E-state index contributed by atoms with van der Waals surface area (Å²) >= 11 is -2.08. The van der Waals surface area contributed by atoms with Crippen LogP contribution < -0.4 is 5.32 Å². The van der Waals surface area contributed by atoms with E-state index in [9.17, 15) is 8.60 Å². The summed E-state index contributed by atoms with van der Waals surface area (Å²) in [4.78, 5) is 0. The van der Waals surface area contributed by atoms with Crippen LogP contribution in [0.3, 0.4) is 0 Å². The van der Waals surface area contributed by atoms with Gasteiger partial charge in [-0.25, -0.2) is 8.60 Å². The van der Waals surface area contributed by atoms with Gasteiger partial charge in [-0.2, -0.15) is 0 Å². The predicted molar refractivity (Wildman–Crippen MR) is 55.2 cm³/mol. The number of hydrogen-bond donors (Lipinski definition) is 2. The van der Waals surface area contributed by atoms with Crippen LogP contribution in [-0.4, -0.2) is 26.3 Å². The molecule has 1 aliphatic rings. The second kappa shape index (κ2) is 5.19. The molecule has 0 aromatic heterocycles. The summed E-state index contributed by atoms with van der Waals surface area (Å²) in [5, 5.41) is 2.81. The summed E-state index contributed by atoms with van der Waals surface area (Å²) in [5.74, 6) is -2.08. The van der Waals surface area contributed by atoms with Crippen LogP contribution >= 0.6 is 0 Å². The molecular formula is C9H18FNO2S. The summed E-state index contributed by atoms with van der Waals surface area (Å²) in [7, 11) is 0. The number of hydrogen-bond acceptors (Lipinski definition) is 2. The van der Waals surface area contributed by atoms with Crippen LogP contribution in [0.4, 0.5) is 4.39 Å². The van der Waals surface area contributed by atoms with Crippen LogP contribution in [0.15, 0.2) is 0 Å². The van der Waals surface area contributed by atoms with Crippen LogP contribution in [0.25, 0.3) is 0 Å². The standard InChI is InChI=1S/C9H18FNO2S/c1-9(10,7-14(12)13)11-8-5-3-2-4-6-8/h8,11H,2-7H2,1H3,(H,12,13)/t9-/m0/s1. The van der Waals surface area contributed by atoms with Gasteiger partial charge in [0.05, 0.1) is 5.75 Å². The Hall–Kier alpha value is -0.0000000000000000416. The third-order valence-corrected chi connectivity index (χ3v) is 3.29. The van der Waals surface area contributed by atoms with Gasteiger partial charge in [-0.05, 0) is 19.8 Å². The van der Waals surface area contributed by atoms with E-state index in [0.29, 0.717) is 0 Å². The molecule has 0 radical (unpaired) electrons. The van der Waals surface area contributed by atoms with Gasteiger partial charge in [-0.3, -0.25) is 5.32 Å². The third kappa shape index (κ3) is 4.48. The average Bonchev–Trinajstić information content (AvgIpc) is 2.02. The Labute approximate surface area is 86.7 Å². The van der Waals surface area contributed by atoms with Gasteiger partial charge in [0.15, 0.2) is 16.9 Å². The van der Waals surface area contributed by atoms with E-state index in [0.717, 1.165) is 25.7 Å². The van der Waals surface area contributed by atoms with E-state index in [4.69, 9.17) is 4.55 Å². The highest BCUT2D eigenvalue weighted by atomic mass is 32.2. The molecular weight excluding hydrogens is 205 g/mol. The zero-order valence-corrected chi connectivity index (χ0v) is 9.28. The van der Waals surface area contributed by atoms with Gasteiger partial charge in [0, 0.05) is 6.04 Å². The minimum Gasteiger partial charge on any atom is -0.306 e. The molecule has 5 heteroatoms. The SMILES string of the molecule is C[C@@](F)(CS(=O)O)NC1CCCCC1. The minimum absolute atomic E-state index is 0.169. The lowest BCUT2D eigenvalue weighted by molar-refractivity contribution is 0.132. The molecule has 0 bridgehead atoms. The van der Waals surface area contributed by atoms with Crippen LogP contribution in [0.1, 0.15) is 39.0 Å². The van der Waals surface area contributed by atoms with Crippen molar-refractivity contribution < 1.29 is 13.2 Å². The highest BCUT2D eigenvalue weighted by Crippen LogP contribution is 2.20. The van der Waals surface area contributed by atoms with Crippen LogP contribution in [0.2, 0.25) is 0 Å². The second-order valence-corrected chi connectivity index (χ2v) is 5.07. The van der Waals surface area contributed by atoms with E-state index in [1.54, 1.807) is 0 Å². The first-order valence-electron chi connectivity index (χ1n) is 5.04. The summed E-state index contributed by atoms with van der Waals surface area (Å²) in [6, 6.07) is 0.169. The second-order valence-electron chi connectivity index (χ2n) is 4.14. The van der Waals surface area contributed by atoms with E-state index in [-0.39, 0.29) is 11.8 Å². The van der Waals surface area contributed by atoms with Crippen molar-refractivity contribution in [1.29, 1.82) is 0 Å². The Kier molecular flexibility index (Phi) is 4.47. The van der Waals surface area contributed by atoms with E-state index in [1.807, 2.05) is 0 Å². The molecule has 0 heterocycles. The van der Waals surface area contributed by atoms with E-state index >= 15 is 0 Å². The molecule has 1 aliphatic carbocycles. The van der Waals surface area contributed by atoms with Crippen LogP contribution in [0, 0.1) is 0 Å². The molecule has 0 aliphatic heterocycles. The maximum absolute atomic E-state index is 13.7. The average molecular weight is 223 g/mol. The molecule has 1 saturated carbocycles. The number of alkyl halides is 1. The number of halogens is 1. The van der Waals surface area contributed by atoms with Crippen molar-refractivity contribution in [3.63, 3.8) is 0 Å². The molecule has 1 unspecified atom stereocenters. The fourth-order valence-electron chi connectivity index (χ4n) is 1.95. The van der Waals surface area contributed by atoms with E-state index in [1.165, 1.54) is 13.3 Å². The van der Waals surface area contributed by atoms with E-state index < -0.39 is 16.9 Å². The molecule has 0 amide bonds. The molecule has 0 aromatic carbocycles. The maximum atomic E-state index is 13.7. The molecule has 2 N–H and O–H groups in total. The largest absolute Gasteiger partial charge is 0.306 e. The minimum atomic E-state index is -2.08. The summed E-state index contributed by atoms with van der Waals surface area (Å²) in [6.07, 6.45) is 5.40. The van der Waals surface area contributed by atoms with Crippen molar-refractivity contribution in [3.05, 3.63) is 0 Å². The van der Waals surface area contributed by atoms with E-state index in [2.05, 4.69) is 5.32 Å². The monoisotopic (exact) mass is 223 g/mol. The summed E-state index contributed by atoms with van der Waals surface area (Å²) in [6.45, 7) is 1.33. The normalized spacial score (nSPS) is 25.6. The lowest BCUT2D eigenvalue weighted by atomic mass is 9.95. The van der Waals surface area contributed by atoms with Crippen molar-refractivity contribution in [2.45, 2.75) is 50.9 Å². The Bertz CT molecular complexity index is 205. The number of nitrogens with one attached hydrogen (secondary N) is 1. The number of rotatable bonds is 4. The van der Waals surface area contributed by atoms with Gasteiger partial charge in [0.1, 0.15) is 0 Å². The van der Waals surface area contributed by atoms with Crippen LogP contribution in [0.5, 0.6) is 0 Å². The molecule has 0 saturated heterocycles. The molecule has 3 nitrogen and oxygen atoms in total. The highest BCUT2D eigenvalue weighted by molar-refractivity contribution is 7.79. The molecule has 2 atom stereocenters. The maximum Gasteiger partial charge on any atom is 0.172 e. The Balaban J connectivity index is 2.36. The smallest absolute Gasteiger partial charge is 0.172 e. The summed E-state index contributed by atoms with van der Waals surface area (Å²) in [5.41, 5.74) is 0. The van der Waals surface area contributed by atoms with Gasteiger partial charge in [-0.15, -0.1) is 0 Å². The van der Waals surface area contributed by atoms with Gasteiger partial charge in [-0.1, -0.05) is 19.3 Å². The molecule has 0 spiro atoms. The molecule has 14 heavy (non-hydrogen) atoms. The van der Waals surface area contributed by atoms with Crippen molar-refractivity contribution in [1.82, 2.24) is 5.32 Å². The first-order chi connectivity index (χ1) is 6.49. The molecule has 1 fully saturated rings. The van der Waals surface area contributed by atoms with Crippen LogP contribution in [-0.2, 0) is 11.1 Å². The first kappa shape index (κ1) is 12.1. The van der Waals surface area contributed by atoms with Gasteiger partial charge in [0.25, 0.3) is 0 Å². The van der Waals surface area contributed by atoms with Crippen molar-refractivity contribution in [3.8, 4) is 0 Å². The Morgan fingerprint density at radius 1 is 1.50 bits per heavy atom. The molecule has 0 aromatic rings. The van der Waals surface area contributed by atoms with Gasteiger partial charge in [0.2, 0.25) is 0 Å². The molecule has 1 rings (SSSR count). The summed E-state index contributed by atoms with van der Waals surface area (Å²) < 4.78 is 32.8. The molecule has 84 valence electrons. The van der Waals surface area contributed by atoms with Crippen molar-refractivity contribution in [2.24, 2.45) is 0 Å². The topological polar surface area (TPSA) is 49.3 Å². The predicted octanol–water partition coefficient (Wildman–Crippen LogP) is 1.82. The quantitative estimate of drug-likeness (QED) is 0.564. The fraction of sp³-hybridized carbons (Fsp3) is 1.00. The zero-order valence-electron chi connectivity index (χ0n) is 8.46. The Morgan fingerprint density at radius 2 is 2.07 bits per heavy atom. The lowest BCUT2D eigenvalue weighted by Gasteiger charge is -2.30. The zero-order chi connectivity index (χ0) is 10.6. The van der Waals surface area contributed by atoms with Gasteiger partial charge < -0.3 is 4.55 Å². The highest BCUT2D eigenvalue weighted by Gasteiger charge is 2.29. The lowest BCUT2D eigenvalue weighted by Crippen LogP contribution is -2.48. The third-order valence-electron chi connectivity index (χ3n) is 2.50. The Morgan fingerprint density at radius 3 is 2.57 bits per heavy atom. The first-order valence-corrected chi connectivity index (χ1v) is 6.31. The van der Waals surface area contributed by atoms with Gasteiger partial charge >= 0.3 is 0 Å². The fourth-order valence-corrected chi connectivity index (χ4v) is 2.49. The van der Waals surface area contributed by atoms with Crippen molar-refractivity contribution in [2.75, 3.05) is 5.75 Å². The van der Waals surface area contributed by atoms with Crippen molar-refractivity contribution >= 4 is 11.1 Å².